The smallest absolute Gasteiger partial charge is 0.347 e. The van der Waals surface area contributed by atoms with E-state index >= 15 is 0 Å². The molecule has 3 aromatic rings. The number of hydrogen-bond acceptors (Lipinski definition) is 6. The molecule has 3 rings (SSSR count). The van der Waals surface area contributed by atoms with Crippen LogP contribution < -0.4 is 19.9 Å². The number of benzene rings is 1. The van der Waals surface area contributed by atoms with Gasteiger partial charge in [-0.15, -0.1) is 11.3 Å². The van der Waals surface area contributed by atoms with Crippen molar-refractivity contribution < 1.29 is 14.2 Å². The molecule has 0 radical (unpaired) electrons. The van der Waals surface area contributed by atoms with Crippen molar-refractivity contribution in [3.05, 3.63) is 50.8 Å². The highest BCUT2D eigenvalue weighted by molar-refractivity contribution is 7.09. The summed E-state index contributed by atoms with van der Waals surface area (Å²) in [6.45, 7) is 0. The normalized spacial score (nSPS) is 10.6. The summed E-state index contributed by atoms with van der Waals surface area (Å²) < 4.78 is 17.5. The molecule has 8 heteroatoms. The Morgan fingerprint density at radius 2 is 1.88 bits per heavy atom. The van der Waals surface area contributed by atoms with Crippen LogP contribution in [0.3, 0.4) is 0 Å². The summed E-state index contributed by atoms with van der Waals surface area (Å²) in [5, 5.41) is 8.63. The number of methoxy groups -OCH3 is 3. The molecule has 0 aliphatic rings. The molecule has 1 aromatic carbocycles. The maximum atomic E-state index is 12.3. The second-order valence-corrected chi connectivity index (χ2v) is 5.95. The van der Waals surface area contributed by atoms with Gasteiger partial charge in [-0.3, -0.25) is 0 Å². The molecule has 0 atom stereocenters. The SMILES string of the molecule is COc1cc(-n2c(Cc3cccs3)n[nH]c2=O)cc(OC)c1OC. The number of nitrogens with one attached hydrogen (secondary N) is 1. The zero-order valence-corrected chi connectivity index (χ0v) is 14.3. The van der Waals surface area contributed by atoms with Gasteiger partial charge in [0.15, 0.2) is 11.5 Å². The zero-order chi connectivity index (χ0) is 17.1. The molecule has 0 bridgehead atoms. The van der Waals surface area contributed by atoms with Crippen LogP contribution in [0.1, 0.15) is 10.7 Å². The fraction of sp³-hybridized carbons (Fsp3) is 0.250. The number of ether oxygens (including phenoxy) is 3. The van der Waals surface area contributed by atoms with Crippen molar-refractivity contribution in [2.24, 2.45) is 0 Å². The van der Waals surface area contributed by atoms with E-state index in [1.165, 1.54) is 25.9 Å². The van der Waals surface area contributed by atoms with Gasteiger partial charge in [0.25, 0.3) is 0 Å². The highest BCUT2D eigenvalue weighted by Gasteiger charge is 2.18. The third-order valence-corrected chi connectivity index (χ3v) is 4.44. The Labute approximate surface area is 142 Å². The molecule has 0 saturated heterocycles. The van der Waals surface area contributed by atoms with Gasteiger partial charge in [-0.25, -0.2) is 14.5 Å². The van der Waals surface area contributed by atoms with Gasteiger partial charge in [0.2, 0.25) is 5.75 Å². The minimum atomic E-state index is -0.323. The monoisotopic (exact) mass is 347 g/mol. The van der Waals surface area contributed by atoms with Crippen LogP contribution >= 0.6 is 11.3 Å². The first-order valence-electron chi connectivity index (χ1n) is 7.17. The number of aromatic nitrogens is 3. The lowest BCUT2D eigenvalue weighted by atomic mass is 10.2. The van der Waals surface area contributed by atoms with Gasteiger partial charge in [0.1, 0.15) is 5.82 Å². The van der Waals surface area contributed by atoms with Crippen molar-refractivity contribution in [1.82, 2.24) is 14.8 Å². The van der Waals surface area contributed by atoms with Crippen LogP contribution in [0.5, 0.6) is 17.2 Å². The largest absolute Gasteiger partial charge is 0.493 e. The summed E-state index contributed by atoms with van der Waals surface area (Å²) in [5.41, 5.74) is 0.269. The van der Waals surface area contributed by atoms with E-state index in [1.807, 2.05) is 17.5 Å². The highest BCUT2D eigenvalue weighted by Crippen LogP contribution is 2.39. The summed E-state index contributed by atoms with van der Waals surface area (Å²) in [6, 6.07) is 7.41. The second-order valence-electron chi connectivity index (χ2n) is 4.92. The van der Waals surface area contributed by atoms with Crippen LogP contribution in [0.2, 0.25) is 0 Å². The first-order chi connectivity index (χ1) is 11.7. The van der Waals surface area contributed by atoms with Crippen LogP contribution in [0, 0.1) is 0 Å². The van der Waals surface area contributed by atoms with Crippen LogP contribution in [0.25, 0.3) is 5.69 Å². The van der Waals surface area contributed by atoms with E-state index < -0.39 is 0 Å². The Morgan fingerprint density at radius 3 is 2.42 bits per heavy atom. The van der Waals surface area contributed by atoms with E-state index in [-0.39, 0.29) is 5.69 Å². The van der Waals surface area contributed by atoms with Gasteiger partial charge in [0, 0.05) is 23.4 Å². The van der Waals surface area contributed by atoms with Crippen LogP contribution in [-0.4, -0.2) is 36.1 Å². The van der Waals surface area contributed by atoms with Gasteiger partial charge in [-0.1, -0.05) is 6.07 Å². The molecule has 0 amide bonds. The molecule has 24 heavy (non-hydrogen) atoms. The van der Waals surface area contributed by atoms with Gasteiger partial charge in [-0.2, -0.15) is 5.10 Å². The minimum absolute atomic E-state index is 0.323. The van der Waals surface area contributed by atoms with Gasteiger partial charge < -0.3 is 14.2 Å². The van der Waals surface area contributed by atoms with E-state index in [0.29, 0.717) is 35.2 Å². The molecular formula is C16H17N3O4S. The maximum absolute atomic E-state index is 12.3. The molecule has 7 nitrogen and oxygen atoms in total. The lowest BCUT2D eigenvalue weighted by molar-refractivity contribution is 0.324. The molecule has 0 aliphatic carbocycles. The van der Waals surface area contributed by atoms with E-state index in [4.69, 9.17) is 14.2 Å². The van der Waals surface area contributed by atoms with Crippen LogP contribution in [0.15, 0.2) is 34.4 Å². The number of rotatable bonds is 6. The Bertz CT molecular complexity index is 858. The molecule has 1 N–H and O–H groups in total. The molecule has 2 heterocycles. The molecule has 0 saturated carbocycles. The average molecular weight is 347 g/mol. The predicted molar refractivity (Wildman–Crippen MR) is 91.0 cm³/mol. The van der Waals surface area contributed by atoms with E-state index in [1.54, 1.807) is 23.5 Å². The number of hydrogen-bond donors (Lipinski definition) is 1. The van der Waals surface area contributed by atoms with Gasteiger partial charge in [0.05, 0.1) is 27.0 Å². The Kier molecular flexibility index (Phi) is 4.57. The van der Waals surface area contributed by atoms with Crippen molar-refractivity contribution in [2.75, 3.05) is 21.3 Å². The molecular weight excluding hydrogens is 330 g/mol. The highest BCUT2D eigenvalue weighted by atomic mass is 32.1. The van der Waals surface area contributed by atoms with Crippen molar-refractivity contribution in [3.63, 3.8) is 0 Å². The van der Waals surface area contributed by atoms with Gasteiger partial charge >= 0.3 is 5.69 Å². The average Bonchev–Trinajstić information content (AvgIpc) is 3.23. The Hall–Kier alpha value is -2.74. The summed E-state index contributed by atoms with van der Waals surface area (Å²) >= 11 is 1.61. The molecule has 0 spiro atoms. The lowest BCUT2D eigenvalue weighted by Crippen LogP contribution is -2.17. The molecule has 2 aromatic heterocycles. The quantitative estimate of drug-likeness (QED) is 0.740. The van der Waals surface area contributed by atoms with E-state index in [2.05, 4.69) is 10.2 Å². The number of nitrogens with zero attached hydrogens (tertiary/aromatic N) is 2. The third kappa shape index (κ3) is 2.88. The molecule has 0 unspecified atom stereocenters. The van der Waals surface area contributed by atoms with Gasteiger partial charge in [-0.05, 0) is 11.4 Å². The molecule has 126 valence electrons. The predicted octanol–water partition coefficient (Wildman–Crippen LogP) is 2.24. The van der Waals surface area contributed by atoms with Crippen LogP contribution in [0.4, 0.5) is 0 Å². The van der Waals surface area contributed by atoms with Crippen molar-refractivity contribution >= 4 is 11.3 Å². The summed E-state index contributed by atoms with van der Waals surface area (Å²) in [6.07, 6.45) is 0.549. The van der Waals surface area contributed by atoms with Crippen molar-refractivity contribution in [1.29, 1.82) is 0 Å². The maximum Gasteiger partial charge on any atom is 0.347 e. The fourth-order valence-corrected chi connectivity index (χ4v) is 3.18. The van der Waals surface area contributed by atoms with E-state index in [0.717, 1.165) is 4.88 Å². The Balaban J connectivity index is 2.12. The lowest BCUT2D eigenvalue weighted by Gasteiger charge is -2.14. The van der Waals surface area contributed by atoms with E-state index in [9.17, 15) is 4.79 Å². The minimum Gasteiger partial charge on any atom is -0.493 e. The zero-order valence-electron chi connectivity index (χ0n) is 13.5. The number of aromatic amines is 1. The van der Waals surface area contributed by atoms with Crippen molar-refractivity contribution in [3.8, 4) is 22.9 Å². The number of thiophene rings is 1. The van der Waals surface area contributed by atoms with Crippen LogP contribution in [-0.2, 0) is 6.42 Å². The fourth-order valence-electron chi connectivity index (χ4n) is 2.48. The summed E-state index contributed by atoms with van der Waals surface area (Å²) in [4.78, 5) is 13.4. The Morgan fingerprint density at radius 1 is 1.17 bits per heavy atom. The number of H-pyrrole nitrogens is 1. The summed E-state index contributed by atoms with van der Waals surface area (Å²) in [5.74, 6) is 2.03. The second kappa shape index (κ2) is 6.79. The first kappa shape index (κ1) is 16.1. The summed E-state index contributed by atoms with van der Waals surface area (Å²) in [7, 11) is 4.60. The standard InChI is InChI=1S/C16H17N3O4S/c1-21-12-7-10(8-13(22-2)15(12)23-3)19-14(17-18-16(19)20)9-11-5-4-6-24-11/h4-8H,9H2,1-3H3,(H,18,20). The molecule has 0 fully saturated rings. The van der Waals surface area contributed by atoms with Crippen molar-refractivity contribution in [2.45, 2.75) is 6.42 Å². The first-order valence-corrected chi connectivity index (χ1v) is 8.05. The third-order valence-electron chi connectivity index (χ3n) is 3.56. The topological polar surface area (TPSA) is 78.4 Å². The molecule has 0 aliphatic heterocycles.